The zero-order valence-corrected chi connectivity index (χ0v) is 14.7. The van der Waals surface area contributed by atoms with Gasteiger partial charge >= 0.3 is 0 Å². The van der Waals surface area contributed by atoms with Gasteiger partial charge in [-0.3, -0.25) is 9.59 Å². The minimum Gasteiger partial charge on any atom is -0.507 e. The van der Waals surface area contributed by atoms with Gasteiger partial charge < -0.3 is 10.2 Å². The second-order valence-corrected chi connectivity index (χ2v) is 6.45. The van der Waals surface area contributed by atoms with E-state index in [1.165, 1.54) is 12.1 Å². The highest BCUT2D eigenvalue weighted by Gasteiger charge is 2.13. The molecule has 2 rings (SSSR count). The average Bonchev–Trinajstić information content (AvgIpc) is 2.58. The standard InChI is InChI=1S/C21H24O4/c1-14-8-10-20(24)16(12-14)18(22)6-4-3-5-7-19(23)17-13-15(2)9-11-21(17)25/h8-13,24-25H,3-7H2,1-2H3. The molecule has 25 heavy (non-hydrogen) atoms. The lowest BCUT2D eigenvalue weighted by Gasteiger charge is -2.06. The third-order valence-electron chi connectivity index (χ3n) is 4.21. The predicted octanol–water partition coefficient (Wildman–Crippen LogP) is 4.73. The van der Waals surface area contributed by atoms with Crippen LogP contribution in [0.2, 0.25) is 0 Å². The number of benzene rings is 2. The smallest absolute Gasteiger partial charge is 0.166 e. The van der Waals surface area contributed by atoms with Gasteiger partial charge in [-0.05, 0) is 51.0 Å². The molecule has 0 bridgehead atoms. The van der Waals surface area contributed by atoms with E-state index < -0.39 is 0 Å². The van der Waals surface area contributed by atoms with E-state index in [0.717, 1.165) is 17.5 Å². The summed E-state index contributed by atoms with van der Waals surface area (Å²) < 4.78 is 0. The molecule has 0 aromatic heterocycles. The molecule has 0 aliphatic heterocycles. The number of Topliss-reactive ketones (excluding diaryl/α,β-unsaturated/α-hetero) is 2. The minimum atomic E-state index is -0.0798. The van der Waals surface area contributed by atoms with Crippen LogP contribution in [0.15, 0.2) is 36.4 Å². The molecule has 0 aliphatic carbocycles. The van der Waals surface area contributed by atoms with Crippen molar-refractivity contribution in [3.05, 3.63) is 58.7 Å². The van der Waals surface area contributed by atoms with Crippen LogP contribution in [0.5, 0.6) is 11.5 Å². The minimum absolute atomic E-state index is 0.0145. The molecule has 2 N–H and O–H groups in total. The molecule has 0 saturated carbocycles. The quantitative estimate of drug-likeness (QED) is 0.538. The van der Waals surface area contributed by atoms with Gasteiger partial charge in [0.2, 0.25) is 0 Å². The summed E-state index contributed by atoms with van der Waals surface area (Å²) in [5, 5.41) is 19.5. The molecule has 0 unspecified atom stereocenters. The number of hydrogen-bond acceptors (Lipinski definition) is 4. The summed E-state index contributed by atoms with van der Waals surface area (Å²) in [6.45, 7) is 3.76. The third-order valence-corrected chi connectivity index (χ3v) is 4.21. The lowest BCUT2D eigenvalue weighted by Crippen LogP contribution is -2.02. The Hall–Kier alpha value is -2.62. The van der Waals surface area contributed by atoms with E-state index >= 15 is 0 Å². The number of aromatic hydroxyl groups is 2. The third kappa shape index (κ3) is 5.18. The van der Waals surface area contributed by atoms with E-state index in [9.17, 15) is 19.8 Å². The SMILES string of the molecule is Cc1ccc(O)c(C(=O)CCCCCC(=O)c2cc(C)ccc2O)c1. The van der Waals surface area contributed by atoms with Crippen molar-refractivity contribution >= 4 is 11.6 Å². The summed E-state index contributed by atoms with van der Waals surface area (Å²) in [5.74, 6) is -0.130. The number of phenols is 2. The number of phenolic OH excluding ortho intramolecular Hbond substituents is 2. The number of carbonyl (C=O) groups is 2. The molecule has 2 aromatic rings. The normalized spacial score (nSPS) is 10.6. The van der Waals surface area contributed by atoms with Crippen LogP contribution in [0, 0.1) is 13.8 Å². The van der Waals surface area contributed by atoms with Crippen LogP contribution in [-0.4, -0.2) is 21.8 Å². The van der Waals surface area contributed by atoms with E-state index in [0.29, 0.717) is 36.8 Å². The van der Waals surface area contributed by atoms with Gasteiger partial charge in [0.25, 0.3) is 0 Å². The second kappa shape index (κ2) is 8.47. The Kier molecular flexibility index (Phi) is 6.34. The molecule has 132 valence electrons. The van der Waals surface area contributed by atoms with Gasteiger partial charge in [0.05, 0.1) is 11.1 Å². The number of rotatable bonds is 8. The Balaban J connectivity index is 1.78. The van der Waals surface area contributed by atoms with Gasteiger partial charge in [-0.25, -0.2) is 0 Å². The average molecular weight is 340 g/mol. The van der Waals surface area contributed by atoms with Crippen molar-refractivity contribution in [2.75, 3.05) is 0 Å². The zero-order chi connectivity index (χ0) is 18.4. The Morgan fingerprint density at radius 2 is 1.12 bits per heavy atom. The molecule has 0 spiro atoms. The number of unbranched alkanes of at least 4 members (excludes halogenated alkanes) is 2. The van der Waals surface area contributed by atoms with Gasteiger partial charge in [-0.15, -0.1) is 0 Å². The van der Waals surface area contributed by atoms with Gasteiger partial charge in [-0.1, -0.05) is 29.7 Å². The molecule has 0 atom stereocenters. The zero-order valence-electron chi connectivity index (χ0n) is 14.7. The fourth-order valence-electron chi connectivity index (χ4n) is 2.76. The number of ketones is 2. The lowest BCUT2D eigenvalue weighted by atomic mass is 9.99. The maximum atomic E-state index is 12.2. The van der Waals surface area contributed by atoms with Gasteiger partial charge in [0.15, 0.2) is 11.6 Å². The lowest BCUT2D eigenvalue weighted by molar-refractivity contribution is 0.0976. The van der Waals surface area contributed by atoms with Crippen LogP contribution in [0.25, 0.3) is 0 Å². The fourth-order valence-corrected chi connectivity index (χ4v) is 2.76. The molecule has 2 aromatic carbocycles. The highest BCUT2D eigenvalue weighted by atomic mass is 16.3. The van der Waals surface area contributed by atoms with Gasteiger partial charge in [-0.2, -0.15) is 0 Å². The molecule has 0 amide bonds. The van der Waals surface area contributed by atoms with Crippen LogP contribution < -0.4 is 0 Å². The van der Waals surface area contributed by atoms with Crippen molar-refractivity contribution in [2.45, 2.75) is 46.0 Å². The van der Waals surface area contributed by atoms with Crippen LogP contribution in [0.4, 0.5) is 0 Å². The van der Waals surface area contributed by atoms with Crippen molar-refractivity contribution in [1.82, 2.24) is 0 Å². The van der Waals surface area contributed by atoms with E-state index in [-0.39, 0.29) is 23.1 Å². The monoisotopic (exact) mass is 340 g/mol. The molecule has 4 nitrogen and oxygen atoms in total. The molecule has 0 heterocycles. The first kappa shape index (κ1) is 18.7. The number of hydrogen-bond donors (Lipinski definition) is 2. The highest BCUT2D eigenvalue weighted by molar-refractivity contribution is 5.99. The van der Waals surface area contributed by atoms with Crippen molar-refractivity contribution in [2.24, 2.45) is 0 Å². The molecule has 0 radical (unpaired) electrons. The fraction of sp³-hybridized carbons (Fsp3) is 0.333. The summed E-state index contributed by atoms with van der Waals surface area (Å²) in [6.07, 6.45) is 2.77. The summed E-state index contributed by atoms with van der Waals surface area (Å²) in [4.78, 5) is 24.3. The molecule has 0 saturated heterocycles. The van der Waals surface area contributed by atoms with Crippen molar-refractivity contribution in [3.63, 3.8) is 0 Å². The maximum absolute atomic E-state index is 12.2. The first-order valence-corrected chi connectivity index (χ1v) is 8.54. The summed E-state index contributed by atoms with van der Waals surface area (Å²) >= 11 is 0. The van der Waals surface area contributed by atoms with E-state index in [4.69, 9.17) is 0 Å². The molecule has 0 aliphatic rings. The summed E-state index contributed by atoms with van der Waals surface area (Å²) in [5.41, 5.74) is 2.59. The van der Waals surface area contributed by atoms with E-state index in [1.807, 2.05) is 13.8 Å². The van der Waals surface area contributed by atoms with Crippen LogP contribution in [0.3, 0.4) is 0 Å². The highest BCUT2D eigenvalue weighted by Crippen LogP contribution is 2.23. The van der Waals surface area contributed by atoms with Crippen molar-refractivity contribution in [3.8, 4) is 11.5 Å². The first-order chi connectivity index (χ1) is 11.9. The Morgan fingerprint density at radius 3 is 1.52 bits per heavy atom. The van der Waals surface area contributed by atoms with Crippen molar-refractivity contribution < 1.29 is 19.8 Å². The Morgan fingerprint density at radius 1 is 0.720 bits per heavy atom. The number of carbonyl (C=O) groups excluding carboxylic acids is 2. The van der Waals surface area contributed by atoms with Crippen LogP contribution >= 0.6 is 0 Å². The molecule has 4 heteroatoms. The summed E-state index contributed by atoms with van der Waals surface area (Å²) in [7, 11) is 0. The predicted molar refractivity (Wildman–Crippen MR) is 97.4 cm³/mol. The second-order valence-electron chi connectivity index (χ2n) is 6.45. The van der Waals surface area contributed by atoms with E-state index in [1.54, 1.807) is 24.3 Å². The van der Waals surface area contributed by atoms with Gasteiger partial charge in [0, 0.05) is 12.8 Å². The Bertz CT molecular complexity index is 712. The van der Waals surface area contributed by atoms with Crippen molar-refractivity contribution in [1.29, 1.82) is 0 Å². The van der Waals surface area contributed by atoms with Crippen LogP contribution in [-0.2, 0) is 0 Å². The van der Waals surface area contributed by atoms with Gasteiger partial charge in [0.1, 0.15) is 11.5 Å². The molecular weight excluding hydrogens is 316 g/mol. The topological polar surface area (TPSA) is 74.6 Å². The van der Waals surface area contributed by atoms with E-state index in [2.05, 4.69) is 0 Å². The Labute approximate surface area is 148 Å². The first-order valence-electron chi connectivity index (χ1n) is 8.54. The largest absolute Gasteiger partial charge is 0.507 e. The maximum Gasteiger partial charge on any atom is 0.166 e. The van der Waals surface area contributed by atoms with Crippen LogP contribution in [0.1, 0.15) is 63.9 Å². The summed E-state index contributed by atoms with van der Waals surface area (Å²) in [6, 6.07) is 9.99. The molecule has 0 fully saturated rings. The number of aryl methyl sites for hydroxylation is 2. The molecular formula is C21H24O4.